The molecule has 198 valence electrons. The zero-order valence-corrected chi connectivity index (χ0v) is 22.2. The number of rotatable bonds is 10. The summed E-state index contributed by atoms with van der Waals surface area (Å²) in [6.45, 7) is 2.78. The molecule has 0 radical (unpaired) electrons. The van der Waals surface area contributed by atoms with Gasteiger partial charge in [0.25, 0.3) is 5.91 Å². The van der Waals surface area contributed by atoms with E-state index in [2.05, 4.69) is 5.32 Å². The molecule has 1 aliphatic carbocycles. The third-order valence-electron chi connectivity index (χ3n) is 8.02. The largest absolute Gasteiger partial charge is 0.352 e. The molecule has 1 aliphatic heterocycles. The number of amides is 3. The monoisotopic (exact) mass is 511 g/mol. The second-order valence-electron chi connectivity index (χ2n) is 10.6. The van der Waals surface area contributed by atoms with E-state index in [1.807, 2.05) is 73.7 Å². The van der Waals surface area contributed by atoms with Crippen LogP contribution in [0, 0.1) is 0 Å². The van der Waals surface area contributed by atoms with E-state index in [-0.39, 0.29) is 30.2 Å². The summed E-state index contributed by atoms with van der Waals surface area (Å²) in [5.74, 6) is -0.129. The van der Waals surface area contributed by atoms with Gasteiger partial charge in [-0.1, -0.05) is 73.9 Å². The first-order valence-corrected chi connectivity index (χ1v) is 14.0. The van der Waals surface area contributed by atoms with Crippen molar-refractivity contribution >= 4 is 34.2 Å². The molecule has 6 nitrogen and oxygen atoms in total. The van der Waals surface area contributed by atoms with E-state index in [4.69, 9.17) is 0 Å². The molecule has 1 fully saturated rings. The summed E-state index contributed by atoms with van der Waals surface area (Å²) in [4.78, 5) is 43.3. The Labute approximate surface area is 225 Å². The predicted octanol–water partition coefficient (Wildman–Crippen LogP) is 5.49. The summed E-state index contributed by atoms with van der Waals surface area (Å²) in [6.07, 6.45) is 7.04. The summed E-state index contributed by atoms with van der Waals surface area (Å²) in [5, 5.41) is 5.24. The lowest BCUT2D eigenvalue weighted by atomic mass is 9.95. The average molecular weight is 512 g/mol. The van der Waals surface area contributed by atoms with Crippen molar-refractivity contribution in [2.45, 2.75) is 70.4 Å². The molecule has 0 saturated heterocycles. The van der Waals surface area contributed by atoms with Gasteiger partial charge in [-0.2, -0.15) is 0 Å². The Kier molecular flexibility index (Phi) is 8.06. The highest BCUT2D eigenvalue weighted by atomic mass is 16.2. The molecule has 1 saturated carbocycles. The quantitative estimate of drug-likeness (QED) is 0.391. The average Bonchev–Trinajstić information content (AvgIpc) is 3.22. The van der Waals surface area contributed by atoms with E-state index in [1.54, 1.807) is 9.80 Å². The van der Waals surface area contributed by atoms with E-state index in [9.17, 15) is 14.4 Å². The van der Waals surface area contributed by atoms with Gasteiger partial charge in [0.15, 0.2) is 0 Å². The van der Waals surface area contributed by atoms with Gasteiger partial charge in [0, 0.05) is 36.5 Å². The molecule has 6 heteroatoms. The summed E-state index contributed by atoms with van der Waals surface area (Å²) >= 11 is 0. The fourth-order valence-corrected chi connectivity index (χ4v) is 5.87. The Hall–Kier alpha value is -3.67. The van der Waals surface area contributed by atoms with Crippen LogP contribution in [-0.4, -0.2) is 47.8 Å². The normalized spacial score (nSPS) is 16.0. The van der Waals surface area contributed by atoms with Gasteiger partial charge >= 0.3 is 0 Å². The van der Waals surface area contributed by atoms with Crippen molar-refractivity contribution in [3.8, 4) is 0 Å². The summed E-state index contributed by atoms with van der Waals surface area (Å²) < 4.78 is 0. The maximum atomic E-state index is 13.5. The number of benzene rings is 3. The zero-order chi connectivity index (χ0) is 26.5. The Morgan fingerprint density at radius 1 is 0.974 bits per heavy atom. The first kappa shape index (κ1) is 26.0. The van der Waals surface area contributed by atoms with Crippen LogP contribution in [0.25, 0.3) is 10.8 Å². The lowest BCUT2D eigenvalue weighted by molar-refractivity contribution is -0.140. The van der Waals surface area contributed by atoms with E-state index < -0.39 is 6.04 Å². The maximum Gasteiger partial charge on any atom is 0.258 e. The lowest BCUT2D eigenvalue weighted by Gasteiger charge is -2.31. The summed E-state index contributed by atoms with van der Waals surface area (Å²) in [6, 6.07) is 21.5. The number of nitrogens with zero attached hydrogens (tertiary/aromatic N) is 2. The Morgan fingerprint density at radius 3 is 2.47 bits per heavy atom. The van der Waals surface area contributed by atoms with Crippen LogP contribution in [0.2, 0.25) is 0 Å². The van der Waals surface area contributed by atoms with Crippen LogP contribution in [0.5, 0.6) is 0 Å². The molecular formula is C32H37N3O3. The van der Waals surface area contributed by atoms with Crippen molar-refractivity contribution in [2.75, 3.05) is 18.0 Å². The van der Waals surface area contributed by atoms with Crippen LogP contribution < -0.4 is 10.2 Å². The molecular weight excluding hydrogens is 474 g/mol. The highest BCUT2D eigenvalue weighted by Gasteiger charge is 2.31. The molecule has 38 heavy (non-hydrogen) atoms. The molecule has 1 N–H and O–H groups in total. The first-order chi connectivity index (χ1) is 18.5. The second-order valence-corrected chi connectivity index (χ2v) is 10.6. The van der Waals surface area contributed by atoms with Crippen LogP contribution in [0.3, 0.4) is 0 Å². The highest BCUT2D eigenvalue weighted by molar-refractivity contribution is 6.25. The Bertz CT molecular complexity index is 1290. The fourth-order valence-electron chi connectivity index (χ4n) is 5.87. The van der Waals surface area contributed by atoms with Gasteiger partial charge in [0.1, 0.15) is 6.04 Å². The third kappa shape index (κ3) is 5.59. The minimum atomic E-state index is -0.542. The van der Waals surface area contributed by atoms with Crippen LogP contribution in [0.4, 0.5) is 5.69 Å². The smallest absolute Gasteiger partial charge is 0.258 e. The van der Waals surface area contributed by atoms with Crippen molar-refractivity contribution < 1.29 is 14.4 Å². The molecule has 5 rings (SSSR count). The van der Waals surface area contributed by atoms with E-state index >= 15 is 0 Å². The minimum absolute atomic E-state index is 0.00888. The topological polar surface area (TPSA) is 69.7 Å². The fraction of sp³-hybridized carbons (Fsp3) is 0.406. The van der Waals surface area contributed by atoms with Crippen LogP contribution in [0.1, 0.15) is 67.8 Å². The molecule has 0 aromatic heterocycles. The SMILES string of the molecule is C[C@H](C(=O)NC1CCCCC1)N(CCc1ccccc1)C(=O)CCCN1C(=O)c2cccc3cccc1c23. The van der Waals surface area contributed by atoms with Gasteiger partial charge < -0.3 is 15.1 Å². The van der Waals surface area contributed by atoms with Crippen molar-refractivity contribution in [3.05, 3.63) is 77.9 Å². The van der Waals surface area contributed by atoms with Gasteiger partial charge in [-0.3, -0.25) is 14.4 Å². The minimum Gasteiger partial charge on any atom is -0.352 e. The molecule has 3 aromatic carbocycles. The summed E-state index contributed by atoms with van der Waals surface area (Å²) in [7, 11) is 0. The van der Waals surface area contributed by atoms with Gasteiger partial charge in [0.2, 0.25) is 11.8 Å². The second kappa shape index (κ2) is 11.8. The number of anilines is 1. The molecule has 0 unspecified atom stereocenters. The Balaban J connectivity index is 1.23. The molecule has 2 aliphatic rings. The number of hydrogen-bond acceptors (Lipinski definition) is 3. The molecule has 3 amide bonds. The number of carbonyl (C=O) groups is 3. The van der Waals surface area contributed by atoms with E-state index in [1.165, 1.54) is 6.42 Å². The predicted molar refractivity (Wildman–Crippen MR) is 151 cm³/mol. The molecule has 3 aromatic rings. The number of carbonyl (C=O) groups excluding carboxylic acids is 3. The molecule has 0 spiro atoms. The standard InChI is InChI=1S/C32H37N3O3/c1-23(31(37)33-26-15-6-3-7-16-26)34(22-20-24-11-4-2-5-12-24)29(36)19-10-21-35-28-18-9-14-25-13-8-17-27(30(25)28)32(35)38/h2,4-5,8-9,11-14,17-18,23,26H,3,6-7,10,15-16,19-22H2,1H3,(H,33,37)/t23-/m1/s1. The van der Waals surface area contributed by atoms with E-state index in [0.717, 1.165) is 53.3 Å². The van der Waals surface area contributed by atoms with E-state index in [0.29, 0.717) is 25.9 Å². The van der Waals surface area contributed by atoms with Crippen molar-refractivity contribution in [1.82, 2.24) is 10.2 Å². The maximum absolute atomic E-state index is 13.5. The van der Waals surface area contributed by atoms with Crippen LogP contribution >= 0.6 is 0 Å². The molecule has 0 bridgehead atoms. The zero-order valence-electron chi connectivity index (χ0n) is 22.2. The van der Waals surface area contributed by atoms with Crippen molar-refractivity contribution in [1.29, 1.82) is 0 Å². The van der Waals surface area contributed by atoms with Crippen molar-refractivity contribution in [3.63, 3.8) is 0 Å². The van der Waals surface area contributed by atoms with Gasteiger partial charge in [0.05, 0.1) is 5.69 Å². The third-order valence-corrected chi connectivity index (χ3v) is 8.02. The van der Waals surface area contributed by atoms with Crippen LogP contribution in [0.15, 0.2) is 66.7 Å². The number of hydrogen-bond donors (Lipinski definition) is 1. The summed E-state index contributed by atoms with van der Waals surface area (Å²) in [5.41, 5.74) is 2.78. The number of nitrogens with one attached hydrogen (secondary N) is 1. The van der Waals surface area contributed by atoms with Gasteiger partial charge in [-0.25, -0.2) is 0 Å². The Morgan fingerprint density at radius 2 is 1.71 bits per heavy atom. The highest BCUT2D eigenvalue weighted by Crippen LogP contribution is 2.37. The first-order valence-electron chi connectivity index (χ1n) is 14.0. The van der Waals surface area contributed by atoms with Gasteiger partial charge in [-0.15, -0.1) is 0 Å². The molecule has 1 atom stereocenters. The molecule has 1 heterocycles. The van der Waals surface area contributed by atoms with Crippen molar-refractivity contribution in [2.24, 2.45) is 0 Å². The van der Waals surface area contributed by atoms with Gasteiger partial charge in [-0.05, 0) is 55.7 Å². The lowest BCUT2D eigenvalue weighted by Crippen LogP contribution is -2.51. The van der Waals surface area contributed by atoms with Crippen LogP contribution in [-0.2, 0) is 16.0 Å².